The Morgan fingerprint density at radius 3 is 2.65 bits per heavy atom. The number of nitrogens with zero attached hydrogens (tertiary/aromatic N) is 3. The van der Waals surface area contributed by atoms with Crippen LogP contribution >= 0.6 is 0 Å². The van der Waals surface area contributed by atoms with Crippen LogP contribution in [0.1, 0.15) is 56.9 Å². The van der Waals surface area contributed by atoms with Gasteiger partial charge in [-0.05, 0) is 62.3 Å². The van der Waals surface area contributed by atoms with Crippen LogP contribution in [0.15, 0.2) is 18.7 Å². The third-order valence-electron chi connectivity index (χ3n) is 7.20. The highest BCUT2D eigenvalue weighted by Gasteiger charge is 2.66. The molecule has 1 aliphatic heterocycles. The van der Waals surface area contributed by atoms with Crippen molar-refractivity contribution in [3.63, 3.8) is 0 Å². The predicted octanol–water partition coefficient (Wildman–Crippen LogP) is 1.85. The van der Waals surface area contributed by atoms with E-state index < -0.39 is 0 Å². The average molecular weight is 354 g/mol. The standard InChI is InChI=1S/C20H26N4O2/c25-17(9-14-11-21-13-22-12-14)24-8-2-5-20(4-1-3-16(20)24)23-18(26)15-10-19(15)6-7-19/h11-13,15-16H,1-10H2,(H,23,26). The molecule has 1 N–H and O–H groups in total. The van der Waals surface area contributed by atoms with E-state index in [4.69, 9.17) is 0 Å². The molecule has 6 nitrogen and oxygen atoms in total. The second-order valence-electron chi connectivity index (χ2n) is 8.79. The van der Waals surface area contributed by atoms with Crippen molar-refractivity contribution in [1.82, 2.24) is 20.2 Å². The number of nitrogens with one attached hydrogen (secondary N) is 1. The molecule has 6 heteroatoms. The monoisotopic (exact) mass is 354 g/mol. The maximum absolute atomic E-state index is 13.0. The molecule has 4 fully saturated rings. The van der Waals surface area contributed by atoms with Crippen LogP contribution in [0.2, 0.25) is 0 Å². The first-order valence-electron chi connectivity index (χ1n) is 9.97. The van der Waals surface area contributed by atoms with Gasteiger partial charge in [0, 0.05) is 24.9 Å². The minimum Gasteiger partial charge on any atom is -0.348 e. The van der Waals surface area contributed by atoms with E-state index in [0.29, 0.717) is 11.8 Å². The molecule has 3 saturated carbocycles. The van der Waals surface area contributed by atoms with Gasteiger partial charge in [0.1, 0.15) is 6.33 Å². The van der Waals surface area contributed by atoms with E-state index in [9.17, 15) is 9.59 Å². The van der Waals surface area contributed by atoms with Gasteiger partial charge >= 0.3 is 0 Å². The first kappa shape index (κ1) is 16.2. The number of amides is 2. The zero-order chi connectivity index (χ0) is 17.8. The normalized spacial score (nSPS) is 33.6. The molecule has 0 aromatic carbocycles. The summed E-state index contributed by atoms with van der Waals surface area (Å²) in [7, 11) is 0. The Morgan fingerprint density at radius 1 is 1.15 bits per heavy atom. The van der Waals surface area contributed by atoms with Gasteiger partial charge in [-0.3, -0.25) is 9.59 Å². The van der Waals surface area contributed by atoms with Gasteiger partial charge in [-0.2, -0.15) is 0 Å². The number of piperidine rings is 1. The molecule has 2 amide bonds. The largest absolute Gasteiger partial charge is 0.348 e. The van der Waals surface area contributed by atoms with Crippen molar-refractivity contribution < 1.29 is 9.59 Å². The fourth-order valence-electron chi connectivity index (χ4n) is 5.49. The van der Waals surface area contributed by atoms with E-state index in [1.165, 1.54) is 19.2 Å². The average Bonchev–Trinajstić information content (AvgIpc) is 3.54. The zero-order valence-electron chi connectivity index (χ0n) is 15.1. The minimum absolute atomic E-state index is 0.134. The van der Waals surface area contributed by atoms with Gasteiger partial charge in [0.2, 0.25) is 11.8 Å². The summed E-state index contributed by atoms with van der Waals surface area (Å²) in [6.45, 7) is 0.794. The number of carbonyl (C=O) groups excluding carboxylic acids is 2. The van der Waals surface area contributed by atoms with Crippen LogP contribution in [0.25, 0.3) is 0 Å². The number of likely N-dealkylation sites (tertiary alicyclic amines) is 1. The lowest BCUT2D eigenvalue weighted by molar-refractivity contribution is -0.138. The summed E-state index contributed by atoms with van der Waals surface area (Å²) < 4.78 is 0. The SMILES string of the molecule is O=C(NC12CCCC1N(C(=O)Cc1cncnc1)CCC2)C1CC12CC2. The molecule has 1 saturated heterocycles. The van der Waals surface area contributed by atoms with Crippen molar-refractivity contribution in [3.8, 4) is 0 Å². The Kier molecular flexibility index (Phi) is 3.59. The summed E-state index contributed by atoms with van der Waals surface area (Å²) in [6.07, 6.45) is 13.8. The summed E-state index contributed by atoms with van der Waals surface area (Å²) in [4.78, 5) is 35.8. The molecule has 1 aromatic rings. The molecule has 2 heterocycles. The Bertz CT molecular complexity index is 733. The van der Waals surface area contributed by atoms with Crippen molar-refractivity contribution in [3.05, 3.63) is 24.3 Å². The molecule has 0 radical (unpaired) electrons. The molecule has 4 aliphatic rings. The number of rotatable bonds is 4. The lowest BCUT2D eigenvalue weighted by atomic mass is 9.82. The lowest BCUT2D eigenvalue weighted by Gasteiger charge is -2.47. The van der Waals surface area contributed by atoms with Crippen molar-refractivity contribution >= 4 is 11.8 Å². The first-order chi connectivity index (χ1) is 12.6. The molecule has 0 bridgehead atoms. The molecule has 3 unspecified atom stereocenters. The molecule has 26 heavy (non-hydrogen) atoms. The van der Waals surface area contributed by atoms with Gasteiger partial charge in [0.25, 0.3) is 0 Å². The maximum atomic E-state index is 13.0. The highest BCUT2D eigenvalue weighted by molar-refractivity contribution is 5.84. The quantitative estimate of drug-likeness (QED) is 0.895. The van der Waals surface area contributed by atoms with E-state index in [1.807, 2.05) is 4.90 Å². The van der Waals surface area contributed by atoms with Crippen LogP contribution in [0.5, 0.6) is 0 Å². The van der Waals surface area contributed by atoms with Crippen LogP contribution in [0, 0.1) is 11.3 Å². The highest BCUT2D eigenvalue weighted by Crippen LogP contribution is 2.70. The predicted molar refractivity (Wildman–Crippen MR) is 95.0 cm³/mol. The fraction of sp³-hybridized carbons (Fsp3) is 0.700. The van der Waals surface area contributed by atoms with E-state index in [1.54, 1.807) is 12.4 Å². The van der Waals surface area contributed by atoms with Gasteiger partial charge in [-0.1, -0.05) is 0 Å². The molecule has 1 aromatic heterocycles. The summed E-state index contributed by atoms with van der Waals surface area (Å²) in [5.41, 5.74) is 1.03. The van der Waals surface area contributed by atoms with Crippen molar-refractivity contribution in [2.75, 3.05) is 6.54 Å². The van der Waals surface area contributed by atoms with Crippen molar-refractivity contribution in [2.24, 2.45) is 11.3 Å². The Morgan fingerprint density at radius 2 is 1.92 bits per heavy atom. The van der Waals surface area contributed by atoms with Gasteiger partial charge in [-0.25, -0.2) is 9.97 Å². The van der Waals surface area contributed by atoms with Gasteiger partial charge < -0.3 is 10.2 Å². The van der Waals surface area contributed by atoms with E-state index >= 15 is 0 Å². The third kappa shape index (κ3) is 2.61. The Labute approximate surface area is 153 Å². The lowest BCUT2D eigenvalue weighted by Crippen LogP contribution is -2.64. The zero-order valence-corrected chi connectivity index (χ0v) is 15.1. The molecule has 1 spiro atoms. The minimum atomic E-state index is -0.198. The fourth-order valence-corrected chi connectivity index (χ4v) is 5.49. The van der Waals surface area contributed by atoms with Gasteiger partial charge in [0.15, 0.2) is 0 Å². The third-order valence-corrected chi connectivity index (χ3v) is 7.20. The smallest absolute Gasteiger partial charge is 0.227 e. The molecule has 3 atom stereocenters. The number of fused-ring (bicyclic) bond motifs is 1. The Hall–Kier alpha value is -1.98. The highest BCUT2D eigenvalue weighted by atomic mass is 16.2. The van der Waals surface area contributed by atoms with Crippen molar-refractivity contribution in [1.29, 1.82) is 0 Å². The Balaban J connectivity index is 1.30. The molecule has 138 valence electrons. The van der Waals surface area contributed by atoms with Crippen LogP contribution in [0.3, 0.4) is 0 Å². The topological polar surface area (TPSA) is 75.2 Å². The van der Waals surface area contributed by atoms with E-state index in [0.717, 1.165) is 50.6 Å². The molecular weight excluding hydrogens is 328 g/mol. The van der Waals surface area contributed by atoms with Crippen LogP contribution < -0.4 is 5.32 Å². The van der Waals surface area contributed by atoms with E-state index in [-0.39, 0.29) is 29.3 Å². The number of aromatic nitrogens is 2. The molecular formula is C20H26N4O2. The number of hydrogen-bond donors (Lipinski definition) is 1. The van der Waals surface area contributed by atoms with Crippen LogP contribution in [-0.2, 0) is 16.0 Å². The molecule has 5 rings (SSSR count). The number of hydrogen-bond acceptors (Lipinski definition) is 4. The summed E-state index contributed by atoms with van der Waals surface area (Å²) in [6, 6.07) is 0.145. The van der Waals surface area contributed by atoms with Crippen LogP contribution in [-0.4, -0.2) is 44.8 Å². The van der Waals surface area contributed by atoms with E-state index in [2.05, 4.69) is 15.3 Å². The van der Waals surface area contributed by atoms with Crippen molar-refractivity contribution in [2.45, 2.75) is 69.4 Å². The summed E-state index contributed by atoms with van der Waals surface area (Å²) in [5.74, 6) is 0.626. The maximum Gasteiger partial charge on any atom is 0.227 e. The molecule has 3 aliphatic carbocycles. The second kappa shape index (κ2) is 5.76. The van der Waals surface area contributed by atoms with Gasteiger partial charge in [0.05, 0.1) is 18.0 Å². The first-order valence-corrected chi connectivity index (χ1v) is 9.97. The second-order valence-corrected chi connectivity index (χ2v) is 8.79. The number of carbonyl (C=O) groups is 2. The van der Waals surface area contributed by atoms with Gasteiger partial charge in [-0.15, -0.1) is 0 Å². The summed E-state index contributed by atoms with van der Waals surface area (Å²) >= 11 is 0. The van der Waals surface area contributed by atoms with Crippen LogP contribution in [0.4, 0.5) is 0 Å². The summed E-state index contributed by atoms with van der Waals surface area (Å²) in [5, 5.41) is 3.44.